The van der Waals surface area contributed by atoms with Gasteiger partial charge in [0.15, 0.2) is 0 Å². The molecule has 0 spiro atoms. The molecule has 116 valence electrons. The number of carboxylic acid groups (broad SMARTS) is 1. The van der Waals surface area contributed by atoms with E-state index in [9.17, 15) is 14.7 Å². The van der Waals surface area contributed by atoms with Gasteiger partial charge in [-0.15, -0.1) is 0 Å². The summed E-state index contributed by atoms with van der Waals surface area (Å²) in [5, 5.41) is 12.1. The molecule has 0 unspecified atom stereocenters. The second kappa shape index (κ2) is 6.16. The van der Waals surface area contributed by atoms with Crippen LogP contribution in [0.5, 0.6) is 0 Å². The van der Waals surface area contributed by atoms with Crippen molar-refractivity contribution < 1.29 is 14.7 Å². The number of carbonyl (C=O) groups excluding carboxylic acids is 1. The van der Waals surface area contributed by atoms with Crippen LogP contribution in [0, 0.1) is 5.41 Å². The average Bonchev–Trinajstić information content (AvgIpc) is 2.35. The number of nitrogens with one attached hydrogen (secondary N) is 1. The van der Waals surface area contributed by atoms with Gasteiger partial charge in [-0.3, -0.25) is 9.59 Å². The third-order valence-corrected chi connectivity index (χ3v) is 4.14. The number of hydrogen-bond donors (Lipinski definition) is 3. The van der Waals surface area contributed by atoms with Crippen LogP contribution in [0.25, 0.3) is 0 Å². The van der Waals surface area contributed by atoms with Gasteiger partial charge in [0, 0.05) is 17.6 Å². The predicted octanol–water partition coefficient (Wildman–Crippen LogP) is 2.21. The summed E-state index contributed by atoms with van der Waals surface area (Å²) in [6.07, 6.45) is 0.864. The van der Waals surface area contributed by atoms with Gasteiger partial charge in [-0.2, -0.15) is 0 Å². The maximum Gasteiger partial charge on any atom is 0.311 e. The number of rotatable bonds is 6. The zero-order valence-corrected chi connectivity index (χ0v) is 13.1. The lowest BCUT2D eigenvalue weighted by Crippen LogP contribution is -2.57. The molecular weight excluding hydrogens is 268 g/mol. The highest BCUT2D eigenvalue weighted by Crippen LogP contribution is 2.30. The fraction of sp³-hybridized carbons (Fsp3) is 0.500. The van der Waals surface area contributed by atoms with Crippen molar-refractivity contribution in [3.63, 3.8) is 0 Å². The minimum absolute atomic E-state index is 0.170. The van der Waals surface area contributed by atoms with E-state index in [2.05, 4.69) is 5.32 Å². The van der Waals surface area contributed by atoms with Gasteiger partial charge in [0.1, 0.15) is 0 Å². The molecule has 0 heterocycles. The number of amides is 1. The van der Waals surface area contributed by atoms with E-state index < -0.39 is 16.9 Å². The summed E-state index contributed by atoms with van der Waals surface area (Å²) in [6, 6.07) is 7.39. The maximum absolute atomic E-state index is 12.1. The summed E-state index contributed by atoms with van der Waals surface area (Å²) in [7, 11) is 0. The number of anilines is 1. The van der Waals surface area contributed by atoms with E-state index in [0.717, 1.165) is 5.56 Å². The first-order valence-electron chi connectivity index (χ1n) is 6.95. The van der Waals surface area contributed by atoms with E-state index in [4.69, 9.17) is 5.73 Å². The lowest BCUT2D eigenvalue weighted by molar-refractivity contribution is -0.151. The largest absolute Gasteiger partial charge is 0.481 e. The third-order valence-electron chi connectivity index (χ3n) is 4.14. The van der Waals surface area contributed by atoms with Crippen LogP contribution < -0.4 is 11.1 Å². The molecule has 5 nitrogen and oxygen atoms in total. The van der Waals surface area contributed by atoms with Crippen molar-refractivity contribution in [2.75, 3.05) is 5.73 Å². The van der Waals surface area contributed by atoms with Crippen LogP contribution in [0.3, 0.4) is 0 Å². The number of carboxylic acids is 1. The Labute approximate surface area is 125 Å². The van der Waals surface area contributed by atoms with E-state index >= 15 is 0 Å². The van der Waals surface area contributed by atoms with Crippen molar-refractivity contribution >= 4 is 17.6 Å². The second-order valence-corrected chi connectivity index (χ2v) is 6.35. The van der Waals surface area contributed by atoms with Gasteiger partial charge in [0.05, 0.1) is 5.41 Å². The maximum atomic E-state index is 12.1. The minimum atomic E-state index is -1.06. The quantitative estimate of drug-likeness (QED) is 0.701. The molecule has 0 aliphatic rings. The molecule has 1 amide bonds. The zero-order chi connectivity index (χ0) is 16.3. The van der Waals surface area contributed by atoms with Crippen LogP contribution in [0.2, 0.25) is 0 Å². The summed E-state index contributed by atoms with van der Waals surface area (Å²) in [5.74, 6) is -1.11. The van der Waals surface area contributed by atoms with E-state index in [0.29, 0.717) is 18.5 Å². The summed E-state index contributed by atoms with van der Waals surface area (Å²) in [6.45, 7) is 6.65. The Balaban J connectivity index is 2.63. The van der Waals surface area contributed by atoms with Crippen LogP contribution in [0.15, 0.2) is 24.3 Å². The van der Waals surface area contributed by atoms with E-state index in [1.54, 1.807) is 33.8 Å². The molecule has 0 atom stereocenters. The summed E-state index contributed by atoms with van der Waals surface area (Å²) >= 11 is 0. The number of hydrogen-bond acceptors (Lipinski definition) is 3. The number of benzene rings is 1. The highest BCUT2D eigenvalue weighted by Gasteiger charge is 2.44. The Kier molecular flexibility index (Phi) is 4.99. The smallest absolute Gasteiger partial charge is 0.311 e. The fourth-order valence-electron chi connectivity index (χ4n) is 1.84. The summed E-state index contributed by atoms with van der Waals surface area (Å²) < 4.78 is 0. The summed E-state index contributed by atoms with van der Waals surface area (Å²) in [5.41, 5.74) is 5.45. The molecule has 5 heteroatoms. The van der Waals surface area contributed by atoms with Gasteiger partial charge in [-0.05, 0) is 51.8 Å². The van der Waals surface area contributed by atoms with Crippen LogP contribution >= 0.6 is 0 Å². The molecule has 0 radical (unpaired) electrons. The number of nitrogens with two attached hydrogens (primary N) is 1. The number of carbonyl (C=O) groups is 2. The molecule has 0 bridgehead atoms. The van der Waals surface area contributed by atoms with Crippen LogP contribution in [0.4, 0.5) is 5.69 Å². The molecule has 0 aliphatic carbocycles. The molecule has 0 saturated carbocycles. The van der Waals surface area contributed by atoms with Crippen molar-refractivity contribution in [1.82, 2.24) is 5.32 Å². The lowest BCUT2D eigenvalue weighted by Gasteiger charge is -2.38. The Bertz CT molecular complexity index is 536. The molecular formula is C16H24N2O3. The molecule has 0 aliphatic heterocycles. The first kappa shape index (κ1) is 17.0. The number of aliphatic carboxylic acids is 1. The van der Waals surface area contributed by atoms with E-state index in [1.165, 1.54) is 0 Å². The third kappa shape index (κ3) is 4.21. The first-order valence-corrected chi connectivity index (χ1v) is 6.95. The Morgan fingerprint density at radius 1 is 1.24 bits per heavy atom. The molecule has 0 aromatic heterocycles. The topological polar surface area (TPSA) is 92.4 Å². The monoisotopic (exact) mass is 292 g/mol. The van der Waals surface area contributed by atoms with Gasteiger partial charge < -0.3 is 16.2 Å². The zero-order valence-electron chi connectivity index (χ0n) is 13.1. The van der Waals surface area contributed by atoms with Crippen LogP contribution in [0.1, 0.15) is 39.7 Å². The Morgan fingerprint density at radius 2 is 1.86 bits per heavy atom. The van der Waals surface area contributed by atoms with Crippen LogP contribution in [-0.4, -0.2) is 22.5 Å². The molecule has 4 N–H and O–H groups in total. The standard InChI is InChI=1S/C16H24N2O3/c1-15(2,14(20)21)16(3,4)18-13(19)9-8-11-6-5-7-12(17)10-11/h5-7,10H,8-9,17H2,1-4H3,(H,18,19)(H,20,21). The van der Waals surface area contributed by atoms with Crippen molar-refractivity contribution in [3.8, 4) is 0 Å². The normalized spacial score (nSPS) is 12.0. The van der Waals surface area contributed by atoms with Crippen molar-refractivity contribution in [1.29, 1.82) is 0 Å². The average molecular weight is 292 g/mol. The Hall–Kier alpha value is -2.04. The highest BCUT2D eigenvalue weighted by atomic mass is 16.4. The van der Waals surface area contributed by atoms with Crippen LogP contribution in [-0.2, 0) is 16.0 Å². The lowest BCUT2D eigenvalue weighted by atomic mass is 9.74. The molecule has 1 aromatic carbocycles. The highest BCUT2D eigenvalue weighted by molar-refractivity contribution is 5.80. The molecule has 21 heavy (non-hydrogen) atoms. The Morgan fingerprint density at radius 3 is 2.38 bits per heavy atom. The van der Waals surface area contributed by atoms with Crippen molar-refractivity contribution in [2.24, 2.45) is 5.41 Å². The SMILES string of the molecule is CC(C)(NC(=O)CCc1cccc(N)c1)C(C)(C)C(=O)O. The molecule has 1 aromatic rings. The van der Waals surface area contributed by atoms with Gasteiger partial charge in [-0.25, -0.2) is 0 Å². The van der Waals surface area contributed by atoms with Crippen molar-refractivity contribution in [3.05, 3.63) is 29.8 Å². The van der Waals surface area contributed by atoms with E-state index in [-0.39, 0.29) is 5.91 Å². The summed E-state index contributed by atoms with van der Waals surface area (Å²) in [4.78, 5) is 23.4. The van der Waals surface area contributed by atoms with E-state index in [1.807, 2.05) is 18.2 Å². The number of aryl methyl sites for hydroxylation is 1. The van der Waals surface area contributed by atoms with Gasteiger partial charge in [-0.1, -0.05) is 12.1 Å². The van der Waals surface area contributed by atoms with Gasteiger partial charge >= 0.3 is 5.97 Å². The second-order valence-electron chi connectivity index (χ2n) is 6.35. The number of nitrogen functional groups attached to an aromatic ring is 1. The minimum Gasteiger partial charge on any atom is -0.481 e. The fourth-order valence-corrected chi connectivity index (χ4v) is 1.84. The molecule has 0 fully saturated rings. The molecule has 0 saturated heterocycles. The first-order chi connectivity index (χ1) is 9.56. The van der Waals surface area contributed by atoms with Gasteiger partial charge in [0.2, 0.25) is 5.91 Å². The predicted molar refractivity (Wildman–Crippen MR) is 82.8 cm³/mol. The van der Waals surface area contributed by atoms with Gasteiger partial charge in [0.25, 0.3) is 0 Å². The molecule has 1 rings (SSSR count). The van der Waals surface area contributed by atoms with Crippen molar-refractivity contribution in [2.45, 2.75) is 46.1 Å².